The Balaban J connectivity index is 1.46. The Kier molecular flexibility index (Phi) is 5.42. The second kappa shape index (κ2) is 8.54. The molecular weight excluding hydrogens is 416 g/mol. The number of hydrogen-bond donors (Lipinski definition) is 0. The van der Waals surface area contributed by atoms with Crippen LogP contribution in [0.25, 0.3) is 38.2 Å². The lowest BCUT2D eigenvalue weighted by molar-refractivity contribution is -0.137. The first kappa shape index (κ1) is 20.9. The Labute approximate surface area is 190 Å². The number of imidazole rings is 1. The van der Waals surface area contributed by atoms with Gasteiger partial charge in [-0.2, -0.15) is 0 Å². The molecule has 0 unspecified atom stereocenters. The summed E-state index contributed by atoms with van der Waals surface area (Å²) in [5.41, 5.74) is 3.35. The summed E-state index contributed by atoms with van der Waals surface area (Å²) in [4.78, 5) is 29.3. The van der Waals surface area contributed by atoms with Crippen LogP contribution in [-0.2, 0) is 9.53 Å². The Hall–Kier alpha value is -3.93. The van der Waals surface area contributed by atoms with Crippen molar-refractivity contribution in [3.05, 3.63) is 77.1 Å². The normalized spacial score (nSPS) is 11.5. The van der Waals surface area contributed by atoms with Gasteiger partial charge in [-0.25, -0.2) is 9.78 Å². The van der Waals surface area contributed by atoms with Gasteiger partial charge < -0.3 is 9.47 Å². The first-order valence-electron chi connectivity index (χ1n) is 11.1. The van der Waals surface area contributed by atoms with Crippen LogP contribution in [0.2, 0.25) is 0 Å². The topological polar surface area (TPSA) is 69.9 Å². The van der Waals surface area contributed by atoms with Crippen molar-refractivity contribution in [1.82, 2.24) is 9.38 Å². The molecule has 6 nitrogen and oxygen atoms in total. The number of fused-ring (bicyclic) bond motifs is 4. The van der Waals surface area contributed by atoms with Crippen molar-refractivity contribution in [3.8, 4) is 5.75 Å². The van der Waals surface area contributed by atoms with Gasteiger partial charge in [0, 0.05) is 27.6 Å². The summed E-state index contributed by atoms with van der Waals surface area (Å²) in [6, 6.07) is 15.7. The molecule has 0 aliphatic carbocycles. The zero-order valence-electron chi connectivity index (χ0n) is 18.5. The highest BCUT2D eigenvalue weighted by Gasteiger charge is 2.17. The molecule has 6 heteroatoms. The SMILES string of the molecule is C=CC(=O)OCCCCCOc1ccc2c3c1cccc3c(=O)n1c3ccc(C)cc3nc21. The summed E-state index contributed by atoms with van der Waals surface area (Å²) in [7, 11) is 0. The lowest BCUT2D eigenvalue weighted by atomic mass is 10.0. The number of carbonyl (C=O) groups is 1. The molecule has 0 saturated carbocycles. The fourth-order valence-electron chi connectivity index (χ4n) is 4.36. The summed E-state index contributed by atoms with van der Waals surface area (Å²) in [5.74, 6) is 0.357. The molecule has 2 aromatic heterocycles. The molecule has 0 aliphatic rings. The molecule has 0 amide bonds. The number of esters is 1. The minimum absolute atomic E-state index is 0.0688. The van der Waals surface area contributed by atoms with E-state index >= 15 is 0 Å². The second-order valence-electron chi connectivity index (χ2n) is 8.19. The van der Waals surface area contributed by atoms with Crippen molar-refractivity contribution in [1.29, 1.82) is 0 Å². The van der Waals surface area contributed by atoms with Crippen LogP contribution in [0.1, 0.15) is 24.8 Å². The van der Waals surface area contributed by atoms with Crippen LogP contribution in [0.5, 0.6) is 5.75 Å². The van der Waals surface area contributed by atoms with Crippen LogP contribution in [0.15, 0.2) is 66.0 Å². The van der Waals surface area contributed by atoms with Crippen molar-refractivity contribution < 1.29 is 14.3 Å². The third-order valence-corrected chi connectivity index (χ3v) is 5.94. The number of unbranched alkanes of at least 4 members (excludes halogenated alkanes) is 2. The largest absolute Gasteiger partial charge is 0.493 e. The highest BCUT2D eigenvalue weighted by Crippen LogP contribution is 2.35. The van der Waals surface area contributed by atoms with E-state index in [9.17, 15) is 9.59 Å². The first-order chi connectivity index (χ1) is 16.1. The van der Waals surface area contributed by atoms with E-state index in [0.29, 0.717) is 24.2 Å². The fraction of sp³-hybridized carbons (Fsp3) is 0.222. The third-order valence-electron chi connectivity index (χ3n) is 5.94. The van der Waals surface area contributed by atoms with Gasteiger partial charge in [-0.15, -0.1) is 0 Å². The lowest BCUT2D eigenvalue weighted by Gasteiger charge is -2.13. The molecule has 0 bridgehead atoms. The predicted octanol–water partition coefficient (Wildman–Crippen LogP) is 5.18. The zero-order valence-corrected chi connectivity index (χ0v) is 18.5. The van der Waals surface area contributed by atoms with Crippen molar-refractivity contribution in [2.24, 2.45) is 0 Å². The summed E-state index contributed by atoms with van der Waals surface area (Å²) in [6.07, 6.45) is 3.66. The molecule has 0 saturated heterocycles. The molecule has 166 valence electrons. The predicted molar refractivity (Wildman–Crippen MR) is 130 cm³/mol. The number of benzene rings is 3. The fourth-order valence-corrected chi connectivity index (χ4v) is 4.36. The van der Waals surface area contributed by atoms with E-state index in [1.807, 2.05) is 55.5 Å². The summed E-state index contributed by atoms with van der Waals surface area (Å²) in [5, 5.41) is 3.39. The second-order valence-corrected chi connectivity index (χ2v) is 8.19. The van der Waals surface area contributed by atoms with E-state index in [1.54, 1.807) is 4.40 Å². The number of hydrogen-bond acceptors (Lipinski definition) is 5. The van der Waals surface area contributed by atoms with Gasteiger partial charge in [0.15, 0.2) is 0 Å². The standard InChI is InChI=1S/C27H24N2O4/c1-3-24(30)33-15-6-4-5-14-32-23-13-11-19-25-18(23)8-7-9-20(25)27(31)29-22-12-10-17(2)16-21(22)28-26(19)29/h3,7-13,16H,1,4-6,14-15H2,2H3. The van der Waals surface area contributed by atoms with Crippen molar-refractivity contribution >= 4 is 44.2 Å². The van der Waals surface area contributed by atoms with Gasteiger partial charge in [-0.05, 0) is 62.1 Å². The van der Waals surface area contributed by atoms with Gasteiger partial charge in [0.25, 0.3) is 5.56 Å². The Morgan fingerprint density at radius 1 is 1.03 bits per heavy atom. The number of carbonyl (C=O) groups excluding carboxylic acids is 1. The van der Waals surface area contributed by atoms with Gasteiger partial charge >= 0.3 is 5.97 Å². The highest BCUT2D eigenvalue weighted by molar-refractivity contribution is 6.17. The van der Waals surface area contributed by atoms with E-state index in [4.69, 9.17) is 14.5 Å². The number of pyridine rings is 1. The summed E-state index contributed by atoms with van der Waals surface area (Å²) < 4.78 is 12.8. The quantitative estimate of drug-likeness (QED) is 0.189. The number of ether oxygens (including phenoxy) is 2. The molecule has 0 atom stereocenters. The van der Waals surface area contributed by atoms with Gasteiger partial charge in [0.05, 0.1) is 24.2 Å². The molecule has 0 radical (unpaired) electrons. The van der Waals surface area contributed by atoms with E-state index in [-0.39, 0.29) is 5.56 Å². The minimum Gasteiger partial charge on any atom is -0.493 e. The van der Waals surface area contributed by atoms with Crippen LogP contribution in [0, 0.1) is 6.92 Å². The smallest absolute Gasteiger partial charge is 0.330 e. The van der Waals surface area contributed by atoms with Crippen LogP contribution < -0.4 is 10.3 Å². The zero-order chi connectivity index (χ0) is 22.9. The van der Waals surface area contributed by atoms with Crippen LogP contribution in [0.4, 0.5) is 0 Å². The first-order valence-corrected chi connectivity index (χ1v) is 11.1. The Morgan fingerprint density at radius 2 is 1.85 bits per heavy atom. The van der Waals surface area contributed by atoms with Crippen molar-refractivity contribution in [2.45, 2.75) is 26.2 Å². The number of aromatic nitrogens is 2. The van der Waals surface area contributed by atoms with Crippen LogP contribution >= 0.6 is 0 Å². The molecule has 5 aromatic rings. The van der Waals surface area contributed by atoms with Gasteiger partial charge in [-0.3, -0.25) is 9.20 Å². The maximum absolute atomic E-state index is 13.4. The third kappa shape index (κ3) is 3.67. The molecular formula is C27H24N2O4. The van der Waals surface area contributed by atoms with Crippen molar-refractivity contribution in [2.75, 3.05) is 13.2 Å². The molecule has 0 fully saturated rings. The highest BCUT2D eigenvalue weighted by atomic mass is 16.5. The van der Waals surface area contributed by atoms with Crippen molar-refractivity contribution in [3.63, 3.8) is 0 Å². The average molecular weight is 440 g/mol. The van der Waals surface area contributed by atoms with E-state index in [1.165, 1.54) is 6.08 Å². The molecule has 0 aliphatic heterocycles. The summed E-state index contributed by atoms with van der Waals surface area (Å²) >= 11 is 0. The monoisotopic (exact) mass is 440 g/mol. The Morgan fingerprint density at radius 3 is 2.70 bits per heavy atom. The average Bonchev–Trinajstić information content (AvgIpc) is 3.20. The van der Waals surface area contributed by atoms with Gasteiger partial charge in [0.2, 0.25) is 0 Å². The maximum atomic E-state index is 13.4. The van der Waals surface area contributed by atoms with E-state index < -0.39 is 5.97 Å². The molecule has 2 heterocycles. The Bertz CT molecular complexity index is 1570. The molecule has 5 rings (SSSR count). The molecule has 0 spiro atoms. The lowest BCUT2D eigenvalue weighted by Crippen LogP contribution is -2.13. The van der Waals surface area contributed by atoms with Gasteiger partial charge in [-0.1, -0.05) is 24.8 Å². The number of nitrogens with zero attached hydrogens (tertiary/aromatic N) is 2. The molecule has 3 aromatic carbocycles. The minimum atomic E-state index is -0.395. The molecule has 33 heavy (non-hydrogen) atoms. The van der Waals surface area contributed by atoms with E-state index in [0.717, 1.165) is 57.8 Å². The van der Waals surface area contributed by atoms with Crippen LogP contribution in [-0.4, -0.2) is 28.6 Å². The van der Waals surface area contributed by atoms with Gasteiger partial charge in [0.1, 0.15) is 11.4 Å². The summed E-state index contributed by atoms with van der Waals surface area (Å²) in [6.45, 7) is 6.33. The maximum Gasteiger partial charge on any atom is 0.330 e. The van der Waals surface area contributed by atoms with E-state index in [2.05, 4.69) is 6.58 Å². The number of rotatable bonds is 8. The number of aryl methyl sites for hydroxylation is 1. The molecule has 0 N–H and O–H groups in total. The van der Waals surface area contributed by atoms with Crippen LogP contribution in [0.3, 0.4) is 0 Å².